The Labute approximate surface area is 126 Å². The number of nitrogens with zero attached hydrogens (tertiary/aromatic N) is 2. The smallest absolute Gasteiger partial charge is 0.148 e. The Morgan fingerprint density at radius 1 is 1.26 bits per heavy atom. The van der Waals surface area contributed by atoms with E-state index in [9.17, 15) is 0 Å². The molecule has 0 aliphatic rings. The van der Waals surface area contributed by atoms with Gasteiger partial charge < -0.3 is 5.32 Å². The first-order valence-electron chi connectivity index (χ1n) is 6.19. The normalized spacial score (nSPS) is 11.8. The van der Waals surface area contributed by atoms with Crippen molar-refractivity contribution in [2.24, 2.45) is 0 Å². The van der Waals surface area contributed by atoms with E-state index in [1.807, 2.05) is 0 Å². The Bertz CT molecular complexity index is 572. The Hall–Kier alpha value is -0.780. The van der Waals surface area contributed by atoms with Crippen LogP contribution in [-0.4, -0.2) is 15.7 Å². The molecular formula is C14H18BrN3S. The van der Waals surface area contributed by atoms with E-state index in [1.54, 1.807) is 11.3 Å². The van der Waals surface area contributed by atoms with Gasteiger partial charge >= 0.3 is 0 Å². The molecule has 0 unspecified atom stereocenters. The van der Waals surface area contributed by atoms with Gasteiger partial charge in [-0.1, -0.05) is 38.9 Å². The highest BCUT2D eigenvalue weighted by atomic mass is 79.9. The Balaban J connectivity index is 2.19. The van der Waals surface area contributed by atoms with E-state index in [4.69, 9.17) is 0 Å². The number of hydrogen-bond acceptors (Lipinski definition) is 4. The van der Waals surface area contributed by atoms with Crippen LogP contribution in [-0.2, 0) is 6.54 Å². The number of aromatic nitrogens is 2. The van der Waals surface area contributed by atoms with E-state index >= 15 is 0 Å². The number of hydrogen-bond donors (Lipinski definition) is 1. The molecule has 19 heavy (non-hydrogen) atoms. The molecule has 0 saturated carbocycles. The van der Waals surface area contributed by atoms with E-state index in [1.165, 1.54) is 5.56 Å². The van der Waals surface area contributed by atoms with Crippen LogP contribution in [0.5, 0.6) is 0 Å². The predicted octanol–water partition coefficient (Wildman–Crippen LogP) is 4.16. The van der Waals surface area contributed by atoms with Crippen LogP contribution in [0.25, 0.3) is 10.6 Å². The van der Waals surface area contributed by atoms with E-state index in [0.717, 1.165) is 26.6 Å². The molecule has 102 valence electrons. The van der Waals surface area contributed by atoms with Crippen molar-refractivity contribution in [1.82, 2.24) is 15.5 Å². The fourth-order valence-electron chi connectivity index (χ4n) is 1.58. The molecule has 0 radical (unpaired) electrons. The number of aryl methyl sites for hydroxylation is 1. The van der Waals surface area contributed by atoms with Crippen molar-refractivity contribution >= 4 is 27.3 Å². The highest BCUT2D eigenvalue weighted by Gasteiger charge is 2.13. The lowest BCUT2D eigenvalue weighted by Gasteiger charge is -2.19. The molecule has 1 heterocycles. The number of benzene rings is 1. The Morgan fingerprint density at radius 2 is 2.00 bits per heavy atom. The van der Waals surface area contributed by atoms with Crippen molar-refractivity contribution in [2.75, 3.05) is 0 Å². The van der Waals surface area contributed by atoms with Crippen LogP contribution < -0.4 is 5.32 Å². The zero-order chi connectivity index (χ0) is 14.0. The first-order chi connectivity index (χ1) is 8.85. The van der Waals surface area contributed by atoms with Crippen molar-refractivity contribution in [2.45, 2.75) is 39.8 Å². The molecule has 0 atom stereocenters. The van der Waals surface area contributed by atoms with Gasteiger partial charge in [0.1, 0.15) is 10.0 Å². The third kappa shape index (κ3) is 4.09. The molecule has 0 saturated heterocycles. The van der Waals surface area contributed by atoms with Gasteiger partial charge in [0.05, 0.1) is 6.54 Å². The lowest BCUT2D eigenvalue weighted by Crippen LogP contribution is -2.35. The fourth-order valence-corrected chi connectivity index (χ4v) is 2.95. The molecular weight excluding hydrogens is 322 g/mol. The summed E-state index contributed by atoms with van der Waals surface area (Å²) in [4.78, 5) is 0. The SMILES string of the molecule is Cc1ccc(Br)c(-c2nnc(CNC(C)(C)C)s2)c1. The average Bonchev–Trinajstić information content (AvgIpc) is 2.77. The quantitative estimate of drug-likeness (QED) is 0.912. The van der Waals surface area contributed by atoms with E-state index in [2.05, 4.69) is 77.3 Å². The standard InChI is InChI=1S/C14H18BrN3S/c1-9-5-6-11(15)10(7-9)13-18-17-12(19-13)8-16-14(2,3)4/h5-7,16H,8H2,1-4H3. The predicted molar refractivity (Wildman–Crippen MR) is 84.4 cm³/mol. The fraction of sp³-hybridized carbons (Fsp3) is 0.429. The number of nitrogens with one attached hydrogen (secondary N) is 1. The molecule has 0 amide bonds. The summed E-state index contributed by atoms with van der Waals surface area (Å²) in [5.74, 6) is 0. The van der Waals surface area contributed by atoms with E-state index in [-0.39, 0.29) is 5.54 Å². The van der Waals surface area contributed by atoms with Gasteiger partial charge in [0, 0.05) is 15.6 Å². The van der Waals surface area contributed by atoms with Gasteiger partial charge in [-0.3, -0.25) is 0 Å². The number of rotatable bonds is 3. The average molecular weight is 340 g/mol. The lowest BCUT2D eigenvalue weighted by atomic mass is 10.1. The number of halogens is 1. The van der Waals surface area contributed by atoms with Crippen LogP contribution in [0, 0.1) is 6.92 Å². The topological polar surface area (TPSA) is 37.8 Å². The molecule has 1 aromatic heterocycles. The van der Waals surface area contributed by atoms with Crippen LogP contribution >= 0.6 is 27.3 Å². The van der Waals surface area contributed by atoms with Gasteiger partial charge in [0.25, 0.3) is 0 Å². The zero-order valence-electron chi connectivity index (χ0n) is 11.6. The molecule has 0 fully saturated rings. The summed E-state index contributed by atoms with van der Waals surface area (Å²) in [5.41, 5.74) is 2.43. The second kappa shape index (κ2) is 5.69. The second-order valence-corrected chi connectivity index (χ2v) is 7.50. The minimum absolute atomic E-state index is 0.0930. The van der Waals surface area contributed by atoms with Crippen LogP contribution in [0.1, 0.15) is 31.3 Å². The maximum absolute atomic E-state index is 4.29. The maximum Gasteiger partial charge on any atom is 0.148 e. The summed E-state index contributed by atoms with van der Waals surface area (Å²) in [7, 11) is 0. The van der Waals surface area contributed by atoms with Crippen LogP contribution in [0.3, 0.4) is 0 Å². The van der Waals surface area contributed by atoms with Crippen LogP contribution in [0.2, 0.25) is 0 Å². The van der Waals surface area contributed by atoms with Crippen molar-refractivity contribution in [3.8, 4) is 10.6 Å². The summed E-state index contributed by atoms with van der Waals surface area (Å²) >= 11 is 5.21. The summed E-state index contributed by atoms with van der Waals surface area (Å²) in [6, 6.07) is 6.27. The van der Waals surface area contributed by atoms with Gasteiger partial charge in [0.2, 0.25) is 0 Å². The molecule has 0 aliphatic carbocycles. The largest absolute Gasteiger partial charge is 0.306 e. The monoisotopic (exact) mass is 339 g/mol. The molecule has 0 bridgehead atoms. The highest BCUT2D eigenvalue weighted by molar-refractivity contribution is 9.10. The van der Waals surface area contributed by atoms with Gasteiger partial charge in [-0.2, -0.15) is 0 Å². The van der Waals surface area contributed by atoms with Crippen LogP contribution in [0.4, 0.5) is 0 Å². The van der Waals surface area contributed by atoms with Crippen LogP contribution in [0.15, 0.2) is 22.7 Å². The van der Waals surface area contributed by atoms with Gasteiger partial charge in [-0.25, -0.2) is 0 Å². The van der Waals surface area contributed by atoms with Gasteiger partial charge in [0.15, 0.2) is 0 Å². The summed E-state index contributed by atoms with van der Waals surface area (Å²) in [6.45, 7) is 9.27. The molecule has 1 aromatic carbocycles. The van der Waals surface area contributed by atoms with Crippen molar-refractivity contribution in [3.63, 3.8) is 0 Å². The van der Waals surface area contributed by atoms with Gasteiger partial charge in [-0.15, -0.1) is 10.2 Å². The Kier molecular flexibility index (Phi) is 4.38. The van der Waals surface area contributed by atoms with Crippen molar-refractivity contribution < 1.29 is 0 Å². The molecule has 0 aliphatic heterocycles. The highest BCUT2D eigenvalue weighted by Crippen LogP contribution is 2.31. The van der Waals surface area contributed by atoms with Crippen molar-refractivity contribution in [1.29, 1.82) is 0 Å². The lowest BCUT2D eigenvalue weighted by molar-refractivity contribution is 0.423. The third-order valence-corrected chi connectivity index (χ3v) is 4.24. The van der Waals surface area contributed by atoms with E-state index in [0.29, 0.717) is 0 Å². The third-order valence-electron chi connectivity index (χ3n) is 2.59. The summed E-state index contributed by atoms with van der Waals surface area (Å²) in [5, 5.41) is 13.9. The molecule has 0 spiro atoms. The van der Waals surface area contributed by atoms with E-state index < -0.39 is 0 Å². The van der Waals surface area contributed by atoms with Gasteiger partial charge in [-0.05, 0) is 39.8 Å². The second-order valence-electron chi connectivity index (χ2n) is 5.59. The Morgan fingerprint density at radius 3 is 2.68 bits per heavy atom. The molecule has 1 N–H and O–H groups in total. The minimum Gasteiger partial charge on any atom is -0.306 e. The minimum atomic E-state index is 0.0930. The van der Waals surface area contributed by atoms with Crippen molar-refractivity contribution in [3.05, 3.63) is 33.2 Å². The molecule has 3 nitrogen and oxygen atoms in total. The molecule has 2 aromatic rings. The zero-order valence-corrected chi connectivity index (χ0v) is 14.0. The maximum atomic E-state index is 4.29. The molecule has 2 rings (SSSR count). The first-order valence-corrected chi connectivity index (χ1v) is 7.80. The summed E-state index contributed by atoms with van der Waals surface area (Å²) < 4.78 is 1.06. The molecule has 5 heteroatoms. The summed E-state index contributed by atoms with van der Waals surface area (Å²) in [6.07, 6.45) is 0. The first kappa shape index (κ1) is 14.6.